The smallest absolute Gasteiger partial charge is 1.00 e. The van der Waals surface area contributed by atoms with Gasteiger partial charge in [-0.15, -0.1) is 0 Å². The van der Waals surface area contributed by atoms with Crippen LogP contribution in [-0.4, -0.2) is 17.9 Å². The third-order valence-electron chi connectivity index (χ3n) is 0.179. The van der Waals surface area contributed by atoms with E-state index in [1.807, 2.05) is 0 Å². The van der Waals surface area contributed by atoms with Gasteiger partial charge in [-0.25, -0.2) is 0 Å². The summed E-state index contributed by atoms with van der Waals surface area (Å²) in [6.45, 7) is -1.73. The molecule has 0 saturated carbocycles. The molecule has 0 spiro atoms. The van der Waals surface area contributed by atoms with Crippen molar-refractivity contribution in [2.45, 2.75) is 6.18 Å². The molecular formula is C2H4F3LiO. The molecule has 0 radical (unpaired) electrons. The van der Waals surface area contributed by atoms with Crippen molar-refractivity contribution in [2.75, 3.05) is 6.61 Å². The SMILES string of the molecule is OCC(F)(F)F.[H-].[Li+]. The van der Waals surface area contributed by atoms with Gasteiger partial charge in [-0.3, -0.25) is 0 Å². The van der Waals surface area contributed by atoms with Crippen molar-refractivity contribution in [1.29, 1.82) is 0 Å². The first-order valence-corrected chi connectivity index (χ1v) is 1.24. The molecule has 0 atom stereocenters. The Kier molecular flexibility index (Phi) is 4.97. The Hall–Kier alpha value is 0.347. The predicted octanol–water partition coefficient (Wildman–Crippen LogP) is -2.34. The average Bonchev–Trinajstić information content (AvgIpc) is 1.35. The van der Waals surface area contributed by atoms with E-state index in [4.69, 9.17) is 5.11 Å². The first-order chi connectivity index (χ1) is 2.56. The molecule has 40 valence electrons. The van der Waals surface area contributed by atoms with E-state index in [0.29, 0.717) is 0 Å². The van der Waals surface area contributed by atoms with E-state index in [-0.39, 0.29) is 20.3 Å². The van der Waals surface area contributed by atoms with Crippen molar-refractivity contribution in [1.82, 2.24) is 0 Å². The molecule has 1 N–H and O–H groups in total. The van der Waals surface area contributed by atoms with Gasteiger partial charge >= 0.3 is 25.0 Å². The first kappa shape index (κ1) is 10.4. The second-order valence-electron chi connectivity index (χ2n) is 0.773. The molecule has 0 aromatic heterocycles. The average molecular weight is 108 g/mol. The van der Waals surface area contributed by atoms with Gasteiger partial charge in [-0.2, -0.15) is 13.2 Å². The minimum Gasteiger partial charge on any atom is -1.00 e. The summed E-state index contributed by atoms with van der Waals surface area (Å²) >= 11 is 0. The van der Waals surface area contributed by atoms with Crippen LogP contribution < -0.4 is 18.9 Å². The van der Waals surface area contributed by atoms with Gasteiger partial charge < -0.3 is 6.53 Å². The maximum atomic E-state index is 10.5. The molecule has 0 aromatic carbocycles. The molecule has 0 unspecified atom stereocenters. The van der Waals surface area contributed by atoms with Gasteiger partial charge in [0.15, 0.2) is 0 Å². The van der Waals surface area contributed by atoms with Gasteiger partial charge in [0.05, 0.1) is 0 Å². The van der Waals surface area contributed by atoms with Crippen molar-refractivity contribution in [3.05, 3.63) is 0 Å². The molecule has 5 heteroatoms. The number of hydrogen-bond donors (Lipinski definition) is 1. The summed E-state index contributed by atoms with van der Waals surface area (Å²) in [6.07, 6.45) is -4.40. The molecule has 0 aliphatic heterocycles. The van der Waals surface area contributed by atoms with Crippen molar-refractivity contribution < 1.29 is 38.6 Å². The van der Waals surface area contributed by atoms with Gasteiger partial charge in [0.1, 0.15) is 6.61 Å². The Morgan fingerprint density at radius 2 is 1.57 bits per heavy atom. The number of aliphatic hydroxyl groups excluding tert-OH is 1. The summed E-state index contributed by atoms with van der Waals surface area (Å²) in [5, 5.41) is 7.28. The molecule has 7 heavy (non-hydrogen) atoms. The molecule has 0 aliphatic rings. The van der Waals surface area contributed by atoms with E-state index in [2.05, 4.69) is 0 Å². The molecule has 0 saturated heterocycles. The van der Waals surface area contributed by atoms with Gasteiger partial charge in [0, 0.05) is 0 Å². The molecule has 0 heterocycles. The molecule has 0 aliphatic carbocycles. The van der Waals surface area contributed by atoms with E-state index >= 15 is 0 Å². The molecule has 0 bridgehead atoms. The van der Waals surface area contributed by atoms with Crippen LogP contribution in [0, 0.1) is 0 Å². The molecule has 0 fully saturated rings. The second-order valence-corrected chi connectivity index (χ2v) is 0.773. The molecule has 0 rings (SSSR count). The Balaban J connectivity index is -0.000000125. The zero-order chi connectivity index (χ0) is 5.21. The largest absolute Gasteiger partial charge is 1.00 e. The van der Waals surface area contributed by atoms with Crippen LogP contribution in [0.4, 0.5) is 13.2 Å². The summed E-state index contributed by atoms with van der Waals surface area (Å²) in [4.78, 5) is 0. The topological polar surface area (TPSA) is 20.2 Å². The van der Waals surface area contributed by atoms with Crippen molar-refractivity contribution in [3.8, 4) is 0 Å². The Labute approximate surface area is 52.2 Å². The zero-order valence-corrected chi connectivity index (χ0v) is 3.79. The Morgan fingerprint density at radius 1 is 1.43 bits per heavy atom. The fourth-order valence-corrected chi connectivity index (χ4v) is 0. The summed E-state index contributed by atoms with van der Waals surface area (Å²) in [5.74, 6) is 0. The summed E-state index contributed by atoms with van der Waals surface area (Å²) in [7, 11) is 0. The Bertz CT molecular complexity index is 47.0. The first-order valence-electron chi connectivity index (χ1n) is 1.24. The molecule has 0 aromatic rings. The second kappa shape index (κ2) is 3.36. The maximum absolute atomic E-state index is 10.5. The van der Waals surface area contributed by atoms with Crippen molar-refractivity contribution in [3.63, 3.8) is 0 Å². The van der Waals surface area contributed by atoms with Crippen LogP contribution in [-0.2, 0) is 0 Å². The van der Waals surface area contributed by atoms with E-state index in [1.165, 1.54) is 0 Å². The maximum Gasteiger partial charge on any atom is 1.00 e. The summed E-state index contributed by atoms with van der Waals surface area (Å²) in [5.41, 5.74) is 0. The van der Waals surface area contributed by atoms with Gasteiger partial charge in [-0.1, -0.05) is 0 Å². The minimum atomic E-state index is -4.40. The van der Waals surface area contributed by atoms with Crippen LogP contribution in [0.25, 0.3) is 0 Å². The predicted molar refractivity (Wildman–Crippen MR) is 14.3 cm³/mol. The van der Waals surface area contributed by atoms with E-state index < -0.39 is 12.8 Å². The third kappa shape index (κ3) is 10.7. The van der Waals surface area contributed by atoms with Crippen LogP contribution in [0.1, 0.15) is 1.43 Å². The quantitative estimate of drug-likeness (QED) is 0.345. The number of halogens is 3. The number of hydrogen-bond acceptors (Lipinski definition) is 1. The minimum absolute atomic E-state index is 0. The van der Waals surface area contributed by atoms with Gasteiger partial charge in [-0.05, 0) is 0 Å². The zero-order valence-electron chi connectivity index (χ0n) is 4.79. The van der Waals surface area contributed by atoms with E-state index in [0.717, 1.165) is 0 Å². The van der Waals surface area contributed by atoms with Crippen molar-refractivity contribution in [2.24, 2.45) is 0 Å². The normalized spacial score (nSPS) is 10.3. The number of alkyl halides is 3. The fourth-order valence-electron chi connectivity index (χ4n) is 0. The van der Waals surface area contributed by atoms with Crippen molar-refractivity contribution >= 4 is 0 Å². The summed E-state index contributed by atoms with van der Waals surface area (Å²) < 4.78 is 31.6. The number of aliphatic hydroxyl groups is 1. The van der Waals surface area contributed by atoms with E-state index in [9.17, 15) is 13.2 Å². The van der Waals surface area contributed by atoms with E-state index in [1.54, 1.807) is 0 Å². The third-order valence-corrected chi connectivity index (χ3v) is 0.179. The van der Waals surface area contributed by atoms with Gasteiger partial charge in [0.25, 0.3) is 0 Å². The van der Waals surface area contributed by atoms with Crippen LogP contribution in [0.15, 0.2) is 0 Å². The number of rotatable bonds is 0. The van der Waals surface area contributed by atoms with Gasteiger partial charge in [0.2, 0.25) is 0 Å². The standard InChI is InChI=1S/C2H3F3O.Li.H/c3-2(4,5)1-6;;/h6H,1H2;;/q;+1;-1. The summed E-state index contributed by atoms with van der Waals surface area (Å²) in [6, 6.07) is 0. The fraction of sp³-hybridized carbons (Fsp3) is 1.00. The monoisotopic (exact) mass is 108 g/mol. The van der Waals surface area contributed by atoms with Crippen LogP contribution in [0.2, 0.25) is 0 Å². The molecule has 0 amide bonds. The Morgan fingerprint density at radius 3 is 1.57 bits per heavy atom. The molecular weight excluding hydrogens is 104 g/mol. The van der Waals surface area contributed by atoms with Crippen LogP contribution in [0.3, 0.4) is 0 Å². The van der Waals surface area contributed by atoms with Crippen LogP contribution in [0.5, 0.6) is 0 Å². The van der Waals surface area contributed by atoms with Crippen LogP contribution >= 0.6 is 0 Å². The molecule has 1 nitrogen and oxygen atoms in total.